The van der Waals surface area contributed by atoms with Gasteiger partial charge >= 0.3 is 0 Å². The van der Waals surface area contributed by atoms with Crippen molar-refractivity contribution in [3.8, 4) is 11.1 Å². The van der Waals surface area contributed by atoms with Crippen LogP contribution < -0.4 is 5.32 Å². The Morgan fingerprint density at radius 2 is 1.56 bits per heavy atom. The molecule has 0 amide bonds. The lowest BCUT2D eigenvalue weighted by atomic mass is 10.0. The van der Waals surface area contributed by atoms with Gasteiger partial charge in [0.25, 0.3) is 0 Å². The molecule has 0 atom stereocenters. The highest BCUT2D eigenvalue weighted by Gasteiger charge is 2.06. The standard InChI is InChI=1S/C17H19N/c1-13(2)14(3)18-17-12-8-7-11-16(17)15-9-5-4-6-10-15/h4-13,18H,3H2,1-2H3. The summed E-state index contributed by atoms with van der Waals surface area (Å²) in [6, 6.07) is 18.7. The van der Waals surface area contributed by atoms with Crippen LogP contribution in [-0.4, -0.2) is 0 Å². The summed E-state index contributed by atoms with van der Waals surface area (Å²) in [5.41, 5.74) is 4.58. The summed E-state index contributed by atoms with van der Waals surface area (Å²) in [6.45, 7) is 8.35. The summed E-state index contributed by atoms with van der Waals surface area (Å²) < 4.78 is 0. The molecule has 2 rings (SSSR count). The molecule has 0 bridgehead atoms. The molecule has 0 saturated heterocycles. The Kier molecular flexibility index (Phi) is 3.83. The second-order valence-electron chi connectivity index (χ2n) is 4.72. The van der Waals surface area contributed by atoms with E-state index in [0.717, 1.165) is 11.4 Å². The molecule has 0 aliphatic carbocycles. The van der Waals surface area contributed by atoms with Crippen LogP contribution >= 0.6 is 0 Å². The van der Waals surface area contributed by atoms with Crippen LogP contribution in [0, 0.1) is 5.92 Å². The van der Waals surface area contributed by atoms with Gasteiger partial charge in [0.2, 0.25) is 0 Å². The van der Waals surface area contributed by atoms with Crippen molar-refractivity contribution in [3.05, 3.63) is 66.9 Å². The third kappa shape index (κ3) is 2.80. The number of para-hydroxylation sites is 1. The zero-order valence-corrected chi connectivity index (χ0v) is 11.0. The summed E-state index contributed by atoms with van der Waals surface area (Å²) >= 11 is 0. The maximum atomic E-state index is 4.07. The zero-order valence-electron chi connectivity index (χ0n) is 11.0. The highest BCUT2D eigenvalue weighted by molar-refractivity contribution is 5.78. The minimum atomic E-state index is 0.425. The van der Waals surface area contributed by atoms with E-state index < -0.39 is 0 Å². The lowest BCUT2D eigenvalue weighted by Crippen LogP contribution is -2.05. The van der Waals surface area contributed by atoms with Gasteiger partial charge in [0.1, 0.15) is 0 Å². The fourth-order valence-corrected chi connectivity index (χ4v) is 1.78. The van der Waals surface area contributed by atoms with Crippen LogP contribution in [0.15, 0.2) is 66.9 Å². The fourth-order valence-electron chi connectivity index (χ4n) is 1.78. The first-order chi connectivity index (χ1) is 8.68. The molecule has 0 heterocycles. The average Bonchev–Trinajstić information content (AvgIpc) is 2.40. The first-order valence-corrected chi connectivity index (χ1v) is 6.28. The molecular formula is C17H19N. The molecule has 0 fully saturated rings. The van der Waals surface area contributed by atoms with Crippen molar-refractivity contribution >= 4 is 5.69 Å². The molecule has 2 aromatic rings. The summed E-state index contributed by atoms with van der Waals surface area (Å²) in [4.78, 5) is 0. The van der Waals surface area contributed by atoms with Crippen molar-refractivity contribution in [2.24, 2.45) is 5.92 Å². The van der Waals surface area contributed by atoms with Gasteiger partial charge in [0.15, 0.2) is 0 Å². The van der Waals surface area contributed by atoms with Crippen molar-refractivity contribution in [2.75, 3.05) is 5.32 Å². The quantitative estimate of drug-likeness (QED) is 0.794. The van der Waals surface area contributed by atoms with Crippen LogP contribution in [0.1, 0.15) is 13.8 Å². The molecule has 0 saturated carbocycles. The minimum absolute atomic E-state index is 0.425. The number of anilines is 1. The third-order valence-corrected chi connectivity index (χ3v) is 3.00. The molecule has 0 spiro atoms. The summed E-state index contributed by atoms with van der Waals surface area (Å²) in [7, 11) is 0. The number of benzene rings is 2. The molecule has 1 heteroatoms. The van der Waals surface area contributed by atoms with Crippen molar-refractivity contribution in [1.29, 1.82) is 0 Å². The van der Waals surface area contributed by atoms with Gasteiger partial charge in [0.05, 0.1) is 0 Å². The van der Waals surface area contributed by atoms with Crippen LogP contribution in [0.5, 0.6) is 0 Å². The Hall–Kier alpha value is -2.02. The van der Waals surface area contributed by atoms with E-state index in [2.05, 4.69) is 68.2 Å². The number of hydrogen-bond acceptors (Lipinski definition) is 1. The number of hydrogen-bond donors (Lipinski definition) is 1. The maximum Gasteiger partial charge on any atom is 0.0461 e. The Morgan fingerprint density at radius 3 is 2.22 bits per heavy atom. The number of rotatable bonds is 4. The molecular weight excluding hydrogens is 218 g/mol. The summed E-state index contributed by atoms with van der Waals surface area (Å²) in [5.74, 6) is 0.425. The molecule has 0 aliphatic heterocycles. The summed E-state index contributed by atoms with van der Waals surface area (Å²) in [5, 5.41) is 3.41. The van der Waals surface area contributed by atoms with Crippen LogP contribution in [0.2, 0.25) is 0 Å². The van der Waals surface area contributed by atoms with E-state index in [1.54, 1.807) is 0 Å². The second-order valence-corrected chi connectivity index (χ2v) is 4.72. The normalized spacial score (nSPS) is 10.4. The second kappa shape index (κ2) is 5.54. The predicted molar refractivity (Wildman–Crippen MR) is 79.5 cm³/mol. The maximum absolute atomic E-state index is 4.07. The lowest BCUT2D eigenvalue weighted by molar-refractivity contribution is 0.778. The van der Waals surface area contributed by atoms with Crippen molar-refractivity contribution < 1.29 is 0 Å². The van der Waals surface area contributed by atoms with E-state index in [4.69, 9.17) is 0 Å². The first-order valence-electron chi connectivity index (χ1n) is 6.28. The van der Waals surface area contributed by atoms with Gasteiger partial charge in [-0.3, -0.25) is 0 Å². The first kappa shape index (κ1) is 12.4. The third-order valence-electron chi connectivity index (χ3n) is 3.00. The van der Waals surface area contributed by atoms with Gasteiger partial charge in [-0.1, -0.05) is 69.0 Å². The molecule has 1 nitrogen and oxygen atoms in total. The van der Waals surface area contributed by atoms with Crippen LogP contribution in [0.25, 0.3) is 11.1 Å². The number of allylic oxidation sites excluding steroid dienone is 1. The van der Waals surface area contributed by atoms with E-state index >= 15 is 0 Å². The highest BCUT2D eigenvalue weighted by Crippen LogP contribution is 2.29. The van der Waals surface area contributed by atoms with Crippen molar-refractivity contribution in [3.63, 3.8) is 0 Å². The molecule has 1 N–H and O–H groups in total. The topological polar surface area (TPSA) is 12.0 Å². The Morgan fingerprint density at radius 1 is 0.944 bits per heavy atom. The van der Waals surface area contributed by atoms with E-state index in [0.29, 0.717) is 5.92 Å². The molecule has 0 unspecified atom stereocenters. The Labute approximate surface area is 109 Å². The highest BCUT2D eigenvalue weighted by atomic mass is 14.9. The largest absolute Gasteiger partial charge is 0.359 e. The van der Waals surface area contributed by atoms with Crippen molar-refractivity contribution in [1.82, 2.24) is 0 Å². The van der Waals surface area contributed by atoms with E-state index in [9.17, 15) is 0 Å². The molecule has 0 aliphatic rings. The average molecular weight is 237 g/mol. The predicted octanol–water partition coefficient (Wildman–Crippen LogP) is 4.94. The van der Waals surface area contributed by atoms with Gasteiger partial charge in [0, 0.05) is 16.9 Å². The van der Waals surface area contributed by atoms with Gasteiger partial charge in [-0.15, -0.1) is 0 Å². The minimum Gasteiger partial charge on any atom is -0.359 e. The van der Waals surface area contributed by atoms with Crippen LogP contribution in [0.3, 0.4) is 0 Å². The lowest BCUT2D eigenvalue weighted by Gasteiger charge is -2.16. The van der Waals surface area contributed by atoms with E-state index in [1.165, 1.54) is 11.1 Å². The van der Waals surface area contributed by atoms with Crippen LogP contribution in [-0.2, 0) is 0 Å². The van der Waals surface area contributed by atoms with E-state index in [-0.39, 0.29) is 0 Å². The molecule has 18 heavy (non-hydrogen) atoms. The zero-order chi connectivity index (χ0) is 13.0. The fraction of sp³-hybridized carbons (Fsp3) is 0.176. The van der Waals surface area contributed by atoms with Gasteiger partial charge in [-0.2, -0.15) is 0 Å². The van der Waals surface area contributed by atoms with Gasteiger partial charge in [-0.25, -0.2) is 0 Å². The molecule has 92 valence electrons. The SMILES string of the molecule is C=C(Nc1ccccc1-c1ccccc1)C(C)C. The van der Waals surface area contributed by atoms with Crippen molar-refractivity contribution in [2.45, 2.75) is 13.8 Å². The van der Waals surface area contributed by atoms with Crippen LogP contribution in [0.4, 0.5) is 5.69 Å². The van der Waals surface area contributed by atoms with E-state index in [1.807, 2.05) is 12.1 Å². The number of nitrogens with one attached hydrogen (secondary N) is 1. The summed E-state index contributed by atoms with van der Waals surface area (Å²) in [6.07, 6.45) is 0. The molecule has 0 aromatic heterocycles. The Bertz CT molecular complexity index is 526. The molecule has 0 radical (unpaired) electrons. The monoisotopic (exact) mass is 237 g/mol. The Balaban J connectivity index is 2.35. The smallest absolute Gasteiger partial charge is 0.0461 e. The molecule has 2 aromatic carbocycles. The van der Waals surface area contributed by atoms with Gasteiger partial charge < -0.3 is 5.32 Å². The van der Waals surface area contributed by atoms with Gasteiger partial charge in [-0.05, 0) is 17.5 Å².